The van der Waals surface area contributed by atoms with Gasteiger partial charge in [0.05, 0.1) is 27.4 Å². The fraction of sp³-hybridized carbons (Fsp3) is 0.278. The molecule has 0 radical (unpaired) electrons. The first kappa shape index (κ1) is 16.7. The smallest absolute Gasteiger partial charge is 0.255 e. The number of hydrogen-bond acceptors (Lipinski definition) is 4. The number of benzene rings is 1. The van der Waals surface area contributed by atoms with Crippen molar-refractivity contribution >= 4 is 5.91 Å². The Morgan fingerprint density at radius 1 is 1.13 bits per heavy atom. The van der Waals surface area contributed by atoms with Crippen molar-refractivity contribution in [1.29, 1.82) is 0 Å². The van der Waals surface area contributed by atoms with Gasteiger partial charge >= 0.3 is 0 Å². The summed E-state index contributed by atoms with van der Waals surface area (Å²) in [5, 5.41) is 0. The second-order valence-electron chi connectivity index (χ2n) is 4.92. The SMILES string of the molecule is C=CCN(C(=O)c1cc(OC)c(OC)c(OC)c1)C1C=CC=C1. The van der Waals surface area contributed by atoms with Gasteiger partial charge in [-0.1, -0.05) is 30.4 Å². The molecule has 1 aromatic carbocycles. The lowest BCUT2D eigenvalue weighted by Gasteiger charge is -2.26. The lowest BCUT2D eigenvalue weighted by atomic mass is 10.1. The summed E-state index contributed by atoms with van der Waals surface area (Å²) in [7, 11) is 4.57. The standard InChI is InChI=1S/C18H21NO4/c1-5-10-19(14-8-6-7-9-14)18(20)13-11-15(21-2)17(23-4)16(12-13)22-3/h5-9,11-12,14H,1,10H2,2-4H3. The van der Waals surface area contributed by atoms with Crippen LogP contribution in [0, 0.1) is 0 Å². The summed E-state index contributed by atoms with van der Waals surface area (Å²) in [5.41, 5.74) is 0.468. The van der Waals surface area contributed by atoms with Gasteiger partial charge in [0.2, 0.25) is 5.75 Å². The van der Waals surface area contributed by atoms with E-state index in [4.69, 9.17) is 14.2 Å². The van der Waals surface area contributed by atoms with Crippen LogP contribution in [0.15, 0.2) is 49.1 Å². The lowest BCUT2D eigenvalue weighted by molar-refractivity contribution is 0.0759. The van der Waals surface area contributed by atoms with E-state index in [9.17, 15) is 4.79 Å². The molecule has 0 spiro atoms. The van der Waals surface area contributed by atoms with Crippen molar-refractivity contribution in [2.75, 3.05) is 27.9 Å². The summed E-state index contributed by atoms with van der Waals surface area (Å²) in [4.78, 5) is 14.6. The van der Waals surface area contributed by atoms with Crippen molar-refractivity contribution in [3.05, 3.63) is 54.7 Å². The van der Waals surface area contributed by atoms with Crippen LogP contribution in [0.4, 0.5) is 0 Å². The van der Waals surface area contributed by atoms with Crippen LogP contribution in [-0.2, 0) is 0 Å². The maximum absolute atomic E-state index is 12.9. The van der Waals surface area contributed by atoms with Crippen LogP contribution < -0.4 is 14.2 Å². The van der Waals surface area contributed by atoms with Gasteiger partial charge in [0, 0.05) is 12.1 Å². The molecule has 0 unspecified atom stereocenters. The molecule has 0 aromatic heterocycles. The van der Waals surface area contributed by atoms with E-state index in [-0.39, 0.29) is 11.9 Å². The Morgan fingerprint density at radius 3 is 2.13 bits per heavy atom. The number of methoxy groups -OCH3 is 3. The monoisotopic (exact) mass is 315 g/mol. The Labute approximate surface area is 136 Å². The molecule has 0 saturated heterocycles. The summed E-state index contributed by atoms with van der Waals surface area (Å²) in [6, 6.07) is 3.23. The van der Waals surface area contributed by atoms with E-state index < -0.39 is 0 Å². The van der Waals surface area contributed by atoms with Crippen LogP contribution in [-0.4, -0.2) is 44.7 Å². The van der Waals surface area contributed by atoms with Crippen LogP contribution in [0.3, 0.4) is 0 Å². The van der Waals surface area contributed by atoms with Crippen LogP contribution in [0.2, 0.25) is 0 Å². The Bertz CT molecular complexity index is 611. The Hall–Kier alpha value is -2.69. The third-order valence-corrected chi connectivity index (χ3v) is 3.59. The van der Waals surface area contributed by atoms with Crippen molar-refractivity contribution in [2.45, 2.75) is 6.04 Å². The minimum Gasteiger partial charge on any atom is -0.493 e. The first-order valence-corrected chi connectivity index (χ1v) is 7.23. The second-order valence-corrected chi connectivity index (χ2v) is 4.92. The number of nitrogens with zero attached hydrogens (tertiary/aromatic N) is 1. The van der Waals surface area contributed by atoms with Crippen molar-refractivity contribution in [3.63, 3.8) is 0 Å². The predicted octanol–water partition coefficient (Wildman–Crippen LogP) is 2.84. The molecule has 5 nitrogen and oxygen atoms in total. The first-order chi connectivity index (χ1) is 11.2. The quantitative estimate of drug-likeness (QED) is 0.726. The van der Waals surface area contributed by atoms with E-state index >= 15 is 0 Å². The molecule has 2 rings (SSSR count). The molecule has 0 N–H and O–H groups in total. The van der Waals surface area contributed by atoms with Gasteiger partial charge in [-0.25, -0.2) is 0 Å². The third-order valence-electron chi connectivity index (χ3n) is 3.59. The fourth-order valence-corrected chi connectivity index (χ4v) is 2.48. The largest absolute Gasteiger partial charge is 0.493 e. The molecule has 1 aliphatic carbocycles. The average molecular weight is 315 g/mol. The van der Waals surface area contributed by atoms with Gasteiger partial charge in [-0.2, -0.15) is 0 Å². The van der Waals surface area contributed by atoms with Gasteiger partial charge in [-0.15, -0.1) is 6.58 Å². The van der Waals surface area contributed by atoms with Gasteiger partial charge < -0.3 is 19.1 Å². The predicted molar refractivity (Wildman–Crippen MR) is 89.4 cm³/mol. The van der Waals surface area contributed by atoms with Gasteiger partial charge in [0.15, 0.2) is 11.5 Å². The summed E-state index contributed by atoms with van der Waals surface area (Å²) >= 11 is 0. The maximum Gasteiger partial charge on any atom is 0.255 e. The van der Waals surface area contributed by atoms with E-state index in [1.807, 2.05) is 24.3 Å². The molecule has 5 heteroatoms. The molecule has 23 heavy (non-hydrogen) atoms. The normalized spacial score (nSPS) is 13.0. The van der Waals surface area contributed by atoms with E-state index in [0.29, 0.717) is 29.4 Å². The van der Waals surface area contributed by atoms with Gasteiger partial charge in [-0.05, 0) is 12.1 Å². The molecule has 1 aromatic rings. The molecule has 1 aliphatic rings. The zero-order valence-corrected chi connectivity index (χ0v) is 13.6. The molecular weight excluding hydrogens is 294 g/mol. The summed E-state index contributed by atoms with van der Waals surface area (Å²) in [6.45, 7) is 4.17. The Balaban J connectivity index is 2.42. The summed E-state index contributed by atoms with van der Waals surface area (Å²) in [6.07, 6.45) is 9.46. The maximum atomic E-state index is 12.9. The number of allylic oxidation sites excluding steroid dienone is 2. The number of rotatable bonds is 7. The number of hydrogen-bond donors (Lipinski definition) is 0. The van der Waals surface area contributed by atoms with Crippen LogP contribution in [0.1, 0.15) is 10.4 Å². The van der Waals surface area contributed by atoms with Crippen molar-refractivity contribution in [2.24, 2.45) is 0 Å². The molecule has 122 valence electrons. The highest BCUT2D eigenvalue weighted by Crippen LogP contribution is 2.38. The zero-order valence-electron chi connectivity index (χ0n) is 13.6. The van der Waals surface area contributed by atoms with Gasteiger partial charge in [-0.3, -0.25) is 4.79 Å². The summed E-state index contributed by atoms with van der Waals surface area (Å²) in [5.74, 6) is 1.23. The zero-order chi connectivity index (χ0) is 16.8. The van der Waals surface area contributed by atoms with E-state index in [1.54, 1.807) is 23.1 Å². The van der Waals surface area contributed by atoms with Crippen molar-refractivity contribution < 1.29 is 19.0 Å². The number of carbonyl (C=O) groups is 1. The molecule has 1 amide bonds. The minimum atomic E-state index is -0.134. The highest BCUT2D eigenvalue weighted by molar-refractivity contribution is 5.96. The van der Waals surface area contributed by atoms with Gasteiger partial charge in [0.25, 0.3) is 5.91 Å². The first-order valence-electron chi connectivity index (χ1n) is 7.23. The second kappa shape index (κ2) is 7.54. The van der Waals surface area contributed by atoms with E-state index in [1.165, 1.54) is 21.3 Å². The topological polar surface area (TPSA) is 48.0 Å². The highest BCUT2D eigenvalue weighted by atomic mass is 16.5. The Kier molecular flexibility index (Phi) is 5.46. The van der Waals surface area contributed by atoms with Crippen molar-refractivity contribution in [1.82, 2.24) is 4.90 Å². The number of ether oxygens (including phenoxy) is 3. The average Bonchev–Trinajstić information content (AvgIpc) is 3.11. The van der Waals surface area contributed by atoms with E-state index in [2.05, 4.69) is 6.58 Å². The fourth-order valence-electron chi connectivity index (χ4n) is 2.48. The molecule has 0 fully saturated rings. The van der Waals surface area contributed by atoms with Crippen LogP contribution in [0.25, 0.3) is 0 Å². The molecule has 0 saturated carbocycles. The lowest BCUT2D eigenvalue weighted by Crippen LogP contribution is -2.37. The molecule has 0 heterocycles. The number of carbonyl (C=O) groups excluding carboxylic acids is 1. The minimum absolute atomic E-state index is 0.0837. The van der Waals surface area contributed by atoms with Crippen LogP contribution in [0.5, 0.6) is 17.2 Å². The van der Waals surface area contributed by atoms with Crippen molar-refractivity contribution in [3.8, 4) is 17.2 Å². The molecule has 0 aliphatic heterocycles. The Morgan fingerprint density at radius 2 is 1.70 bits per heavy atom. The van der Waals surface area contributed by atoms with Crippen LogP contribution >= 0.6 is 0 Å². The van der Waals surface area contributed by atoms with Gasteiger partial charge in [0.1, 0.15) is 0 Å². The number of amides is 1. The summed E-state index contributed by atoms with van der Waals surface area (Å²) < 4.78 is 15.9. The molecule has 0 bridgehead atoms. The van der Waals surface area contributed by atoms with E-state index in [0.717, 1.165) is 0 Å². The molecular formula is C18H21NO4. The molecule has 0 atom stereocenters. The highest BCUT2D eigenvalue weighted by Gasteiger charge is 2.24. The third kappa shape index (κ3) is 3.39.